The fourth-order valence-electron chi connectivity index (χ4n) is 1.91. The quantitative estimate of drug-likeness (QED) is 0.427. The van der Waals surface area contributed by atoms with Crippen LogP contribution in [0.15, 0.2) is 47.6 Å². The predicted molar refractivity (Wildman–Crippen MR) is 103 cm³/mol. The molecule has 0 saturated carbocycles. The van der Waals surface area contributed by atoms with Crippen molar-refractivity contribution < 1.29 is 14.3 Å². The van der Waals surface area contributed by atoms with Gasteiger partial charge < -0.3 is 9.47 Å². The Kier molecular flexibility index (Phi) is 6.60. The van der Waals surface area contributed by atoms with Crippen molar-refractivity contribution in [2.24, 2.45) is 5.10 Å². The van der Waals surface area contributed by atoms with E-state index in [1.807, 2.05) is 44.2 Å². The Labute approximate surface area is 155 Å². The maximum Gasteiger partial charge on any atom is 0.277 e. The van der Waals surface area contributed by atoms with E-state index in [-0.39, 0.29) is 12.5 Å². The van der Waals surface area contributed by atoms with Crippen LogP contribution in [0.3, 0.4) is 0 Å². The van der Waals surface area contributed by atoms with Gasteiger partial charge in [0.25, 0.3) is 5.91 Å². The SMILES string of the molecule is COc1ccc(OCC(=O)NN=C(C)c2ccc(C)cc2)c(I)c1. The second kappa shape index (κ2) is 8.68. The molecule has 2 rings (SSSR count). The molecule has 6 heteroatoms. The Bertz CT molecular complexity index is 742. The summed E-state index contributed by atoms with van der Waals surface area (Å²) in [5, 5.41) is 4.10. The lowest BCUT2D eigenvalue weighted by atomic mass is 10.1. The molecule has 5 nitrogen and oxygen atoms in total. The third kappa shape index (κ3) is 5.23. The molecule has 0 aromatic heterocycles. The van der Waals surface area contributed by atoms with E-state index < -0.39 is 0 Å². The fourth-order valence-corrected chi connectivity index (χ4v) is 2.55. The van der Waals surface area contributed by atoms with Gasteiger partial charge in [-0.3, -0.25) is 4.79 Å². The van der Waals surface area contributed by atoms with Gasteiger partial charge in [0.1, 0.15) is 11.5 Å². The molecule has 0 aliphatic carbocycles. The molecule has 2 aromatic rings. The number of nitrogens with one attached hydrogen (secondary N) is 1. The Morgan fingerprint density at radius 3 is 2.54 bits per heavy atom. The average molecular weight is 438 g/mol. The highest BCUT2D eigenvalue weighted by atomic mass is 127. The monoisotopic (exact) mass is 438 g/mol. The first-order valence-electron chi connectivity index (χ1n) is 7.36. The first-order valence-corrected chi connectivity index (χ1v) is 8.44. The van der Waals surface area contributed by atoms with Gasteiger partial charge in [-0.2, -0.15) is 5.10 Å². The number of hydrazone groups is 1. The van der Waals surface area contributed by atoms with E-state index in [4.69, 9.17) is 9.47 Å². The number of rotatable bonds is 6. The zero-order valence-corrected chi connectivity index (χ0v) is 16.0. The minimum Gasteiger partial charge on any atom is -0.497 e. The average Bonchev–Trinajstić information content (AvgIpc) is 2.59. The van der Waals surface area contributed by atoms with Crippen LogP contribution in [0.5, 0.6) is 11.5 Å². The highest BCUT2D eigenvalue weighted by molar-refractivity contribution is 14.1. The van der Waals surface area contributed by atoms with Crippen molar-refractivity contribution in [3.05, 3.63) is 57.2 Å². The molecule has 0 aliphatic rings. The van der Waals surface area contributed by atoms with Gasteiger partial charge in [-0.15, -0.1) is 0 Å². The highest BCUT2D eigenvalue weighted by Crippen LogP contribution is 2.25. The maximum atomic E-state index is 11.9. The molecule has 0 bridgehead atoms. The molecular formula is C18H19IN2O3. The number of hydrogen-bond donors (Lipinski definition) is 1. The molecule has 0 spiro atoms. The Hall–Kier alpha value is -2.09. The van der Waals surface area contributed by atoms with Crippen molar-refractivity contribution >= 4 is 34.2 Å². The lowest BCUT2D eigenvalue weighted by Gasteiger charge is -2.09. The number of carbonyl (C=O) groups excluding carboxylic acids is 1. The first kappa shape index (κ1) is 18.3. The molecule has 24 heavy (non-hydrogen) atoms. The summed E-state index contributed by atoms with van der Waals surface area (Å²) in [6.45, 7) is 3.77. The van der Waals surface area contributed by atoms with Gasteiger partial charge in [-0.1, -0.05) is 29.8 Å². The van der Waals surface area contributed by atoms with Crippen LogP contribution in [-0.2, 0) is 4.79 Å². The van der Waals surface area contributed by atoms with E-state index in [1.54, 1.807) is 19.2 Å². The topological polar surface area (TPSA) is 59.9 Å². The predicted octanol–water partition coefficient (Wildman–Crippen LogP) is 3.53. The van der Waals surface area contributed by atoms with E-state index >= 15 is 0 Å². The third-order valence-electron chi connectivity index (χ3n) is 3.32. The number of aryl methyl sites for hydroxylation is 1. The molecule has 0 radical (unpaired) electrons. The van der Waals surface area contributed by atoms with Crippen LogP contribution in [0.25, 0.3) is 0 Å². The van der Waals surface area contributed by atoms with E-state index in [9.17, 15) is 4.79 Å². The zero-order chi connectivity index (χ0) is 17.5. The molecule has 1 N–H and O–H groups in total. The molecule has 0 atom stereocenters. The molecule has 1 amide bonds. The van der Waals surface area contributed by atoms with Crippen LogP contribution in [-0.4, -0.2) is 25.3 Å². The number of carbonyl (C=O) groups is 1. The Balaban J connectivity index is 1.89. The van der Waals surface area contributed by atoms with Crippen LogP contribution in [0.1, 0.15) is 18.1 Å². The van der Waals surface area contributed by atoms with Gasteiger partial charge in [0.15, 0.2) is 6.61 Å². The van der Waals surface area contributed by atoms with Gasteiger partial charge in [0.05, 0.1) is 16.4 Å². The summed E-state index contributed by atoms with van der Waals surface area (Å²) in [7, 11) is 1.60. The molecule has 0 unspecified atom stereocenters. The molecule has 126 valence electrons. The minimum atomic E-state index is -0.312. The maximum absolute atomic E-state index is 11.9. The van der Waals surface area contributed by atoms with E-state index in [0.717, 1.165) is 20.6 Å². The Morgan fingerprint density at radius 1 is 1.21 bits per heavy atom. The standard InChI is InChI=1S/C18H19IN2O3/c1-12-4-6-14(7-5-12)13(2)20-21-18(22)11-24-17-9-8-15(23-3)10-16(17)19/h4-10H,11H2,1-3H3,(H,21,22). The molecule has 0 fully saturated rings. The number of hydrogen-bond acceptors (Lipinski definition) is 4. The zero-order valence-electron chi connectivity index (χ0n) is 13.8. The van der Waals surface area contributed by atoms with Crippen molar-refractivity contribution in [3.8, 4) is 11.5 Å². The summed E-state index contributed by atoms with van der Waals surface area (Å²) < 4.78 is 11.5. The van der Waals surface area contributed by atoms with Gasteiger partial charge in [0, 0.05) is 0 Å². The van der Waals surface area contributed by atoms with Crippen molar-refractivity contribution in [2.45, 2.75) is 13.8 Å². The molecule has 0 saturated heterocycles. The van der Waals surface area contributed by atoms with Crippen molar-refractivity contribution in [1.29, 1.82) is 0 Å². The second-order valence-corrected chi connectivity index (χ2v) is 6.35. The number of benzene rings is 2. The lowest BCUT2D eigenvalue weighted by molar-refractivity contribution is -0.123. The summed E-state index contributed by atoms with van der Waals surface area (Å²) in [6.07, 6.45) is 0. The summed E-state index contributed by atoms with van der Waals surface area (Å²) in [5.41, 5.74) is 5.39. The fraction of sp³-hybridized carbons (Fsp3) is 0.222. The number of ether oxygens (including phenoxy) is 2. The first-order chi connectivity index (χ1) is 11.5. The molecular weight excluding hydrogens is 419 g/mol. The van der Waals surface area contributed by atoms with Crippen LogP contribution < -0.4 is 14.9 Å². The minimum absolute atomic E-state index is 0.104. The largest absolute Gasteiger partial charge is 0.497 e. The van der Waals surface area contributed by atoms with E-state index in [2.05, 4.69) is 33.1 Å². The molecule has 2 aromatic carbocycles. The second-order valence-electron chi connectivity index (χ2n) is 5.18. The van der Waals surface area contributed by atoms with Crippen molar-refractivity contribution in [1.82, 2.24) is 5.43 Å². The number of amides is 1. The van der Waals surface area contributed by atoms with E-state index in [0.29, 0.717) is 5.75 Å². The van der Waals surface area contributed by atoms with Crippen molar-refractivity contribution in [2.75, 3.05) is 13.7 Å². The molecule has 0 aliphatic heterocycles. The third-order valence-corrected chi connectivity index (χ3v) is 4.16. The number of nitrogens with zero attached hydrogens (tertiary/aromatic N) is 1. The van der Waals surface area contributed by atoms with E-state index in [1.165, 1.54) is 5.56 Å². The van der Waals surface area contributed by atoms with Gasteiger partial charge >= 0.3 is 0 Å². The number of methoxy groups -OCH3 is 1. The normalized spacial score (nSPS) is 11.1. The lowest BCUT2D eigenvalue weighted by Crippen LogP contribution is -2.25. The molecule has 0 heterocycles. The Morgan fingerprint density at radius 2 is 1.92 bits per heavy atom. The van der Waals surface area contributed by atoms with Crippen LogP contribution in [0.2, 0.25) is 0 Å². The number of halogens is 1. The summed E-state index contributed by atoms with van der Waals surface area (Å²) in [6, 6.07) is 13.3. The van der Waals surface area contributed by atoms with Crippen LogP contribution in [0, 0.1) is 10.5 Å². The van der Waals surface area contributed by atoms with Crippen LogP contribution in [0.4, 0.5) is 0 Å². The summed E-state index contributed by atoms with van der Waals surface area (Å²) >= 11 is 2.13. The van der Waals surface area contributed by atoms with Crippen LogP contribution >= 0.6 is 22.6 Å². The van der Waals surface area contributed by atoms with Gasteiger partial charge in [-0.05, 0) is 60.2 Å². The smallest absolute Gasteiger partial charge is 0.277 e. The van der Waals surface area contributed by atoms with Crippen molar-refractivity contribution in [3.63, 3.8) is 0 Å². The summed E-state index contributed by atoms with van der Waals surface area (Å²) in [4.78, 5) is 11.9. The summed E-state index contributed by atoms with van der Waals surface area (Å²) in [5.74, 6) is 1.06. The van der Waals surface area contributed by atoms with Gasteiger partial charge in [0.2, 0.25) is 0 Å². The highest BCUT2D eigenvalue weighted by Gasteiger charge is 2.07. The van der Waals surface area contributed by atoms with Gasteiger partial charge in [-0.25, -0.2) is 5.43 Å².